The first kappa shape index (κ1) is 12.3. The molecule has 1 atom stereocenters. The summed E-state index contributed by atoms with van der Waals surface area (Å²) in [5.41, 5.74) is 2.12. The standard InChI is InChI=1S/C15H15N5/c1-12(13-3-2-6-16-9-13)19-14-4-5-15(18-10-14)20-8-7-17-11-20/h2-12,19H,1H3. The molecule has 0 saturated carbocycles. The zero-order valence-corrected chi connectivity index (χ0v) is 11.1. The number of hydrogen-bond acceptors (Lipinski definition) is 4. The third-order valence-electron chi connectivity index (χ3n) is 3.08. The largest absolute Gasteiger partial charge is 0.377 e. The lowest BCUT2D eigenvalue weighted by atomic mass is 10.1. The highest BCUT2D eigenvalue weighted by molar-refractivity contribution is 5.45. The predicted molar refractivity (Wildman–Crippen MR) is 77.6 cm³/mol. The first-order chi connectivity index (χ1) is 9.83. The number of pyridine rings is 2. The van der Waals surface area contributed by atoms with Gasteiger partial charge in [0.2, 0.25) is 0 Å². The Labute approximate surface area is 117 Å². The first-order valence-corrected chi connectivity index (χ1v) is 6.44. The molecule has 3 aromatic rings. The van der Waals surface area contributed by atoms with Crippen LogP contribution in [0.25, 0.3) is 5.82 Å². The molecule has 1 unspecified atom stereocenters. The lowest BCUT2D eigenvalue weighted by molar-refractivity contribution is 0.872. The summed E-state index contributed by atoms with van der Waals surface area (Å²) in [7, 11) is 0. The Kier molecular flexibility index (Phi) is 3.41. The van der Waals surface area contributed by atoms with Crippen LogP contribution in [0.5, 0.6) is 0 Å². The van der Waals surface area contributed by atoms with Crippen LogP contribution in [-0.4, -0.2) is 19.5 Å². The van der Waals surface area contributed by atoms with E-state index in [0.717, 1.165) is 17.1 Å². The Morgan fingerprint density at radius 1 is 1.10 bits per heavy atom. The fraction of sp³-hybridized carbons (Fsp3) is 0.133. The second-order valence-corrected chi connectivity index (χ2v) is 4.53. The Balaban J connectivity index is 1.72. The summed E-state index contributed by atoms with van der Waals surface area (Å²) >= 11 is 0. The van der Waals surface area contributed by atoms with Crippen LogP contribution >= 0.6 is 0 Å². The molecule has 0 aliphatic heterocycles. The minimum absolute atomic E-state index is 0.185. The molecule has 0 aliphatic carbocycles. The number of rotatable bonds is 4. The van der Waals surface area contributed by atoms with Gasteiger partial charge in [-0.05, 0) is 30.7 Å². The van der Waals surface area contributed by atoms with E-state index in [1.165, 1.54) is 0 Å². The zero-order chi connectivity index (χ0) is 13.8. The molecular weight excluding hydrogens is 250 g/mol. The normalized spacial score (nSPS) is 12.1. The summed E-state index contributed by atoms with van der Waals surface area (Å²) in [5, 5.41) is 3.40. The van der Waals surface area contributed by atoms with Crippen molar-refractivity contribution < 1.29 is 0 Å². The van der Waals surface area contributed by atoms with Crippen LogP contribution in [0, 0.1) is 0 Å². The summed E-state index contributed by atoms with van der Waals surface area (Å²) < 4.78 is 1.87. The topological polar surface area (TPSA) is 55.6 Å². The molecule has 5 heteroatoms. The van der Waals surface area contributed by atoms with Crippen molar-refractivity contribution in [3.05, 3.63) is 67.1 Å². The van der Waals surface area contributed by atoms with Gasteiger partial charge in [-0.2, -0.15) is 0 Å². The Hall–Kier alpha value is -2.69. The van der Waals surface area contributed by atoms with Crippen LogP contribution in [0.1, 0.15) is 18.5 Å². The second kappa shape index (κ2) is 5.52. The average Bonchev–Trinajstić information content (AvgIpc) is 3.03. The van der Waals surface area contributed by atoms with E-state index in [0.29, 0.717) is 0 Å². The second-order valence-electron chi connectivity index (χ2n) is 4.53. The van der Waals surface area contributed by atoms with E-state index in [-0.39, 0.29) is 6.04 Å². The SMILES string of the molecule is CC(Nc1ccc(-n2ccnc2)nc1)c1cccnc1. The van der Waals surface area contributed by atoms with Gasteiger partial charge in [0.05, 0.1) is 17.9 Å². The van der Waals surface area contributed by atoms with Crippen molar-refractivity contribution in [2.45, 2.75) is 13.0 Å². The Morgan fingerprint density at radius 2 is 2.05 bits per heavy atom. The first-order valence-electron chi connectivity index (χ1n) is 6.44. The van der Waals surface area contributed by atoms with E-state index >= 15 is 0 Å². The average molecular weight is 265 g/mol. The Morgan fingerprint density at radius 3 is 2.70 bits per heavy atom. The summed E-state index contributed by atoms with van der Waals surface area (Å²) in [6.45, 7) is 2.10. The molecule has 3 aromatic heterocycles. The molecule has 20 heavy (non-hydrogen) atoms. The maximum atomic E-state index is 4.41. The third kappa shape index (κ3) is 2.66. The summed E-state index contributed by atoms with van der Waals surface area (Å²) in [6.07, 6.45) is 10.8. The van der Waals surface area contributed by atoms with Gasteiger partial charge in [-0.1, -0.05) is 6.07 Å². The van der Waals surface area contributed by atoms with Crippen LogP contribution in [0.4, 0.5) is 5.69 Å². The molecule has 5 nitrogen and oxygen atoms in total. The molecule has 0 fully saturated rings. The lowest BCUT2D eigenvalue weighted by Gasteiger charge is -2.15. The summed E-state index contributed by atoms with van der Waals surface area (Å²) in [4.78, 5) is 12.6. The summed E-state index contributed by atoms with van der Waals surface area (Å²) in [5.74, 6) is 0.849. The Bertz CT molecular complexity index is 647. The monoisotopic (exact) mass is 265 g/mol. The molecule has 3 heterocycles. The van der Waals surface area contributed by atoms with Gasteiger partial charge in [0.1, 0.15) is 12.1 Å². The van der Waals surface area contributed by atoms with Crippen molar-refractivity contribution in [1.82, 2.24) is 19.5 Å². The van der Waals surface area contributed by atoms with Gasteiger partial charge < -0.3 is 5.32 Å². The molecule has 0 aliphatic rings. The highest BCUT2D eigenvalue weighted by Gasteiger charge is 2.05. The smallest absolute Gasteiger partial charge is 0.137 e. The van der Waals surface area contributed by atoms with Gasteiger partial charge in [0.15, 0.2) is 0 Å². The van der Waals surface area contributed by atoms with E-state index in [1.54, 1.807) is 18.7 Å². The van der Waals surface area contributed by atoms with Gasteiger partial charge in [0, 0.05) is 24.8 Å². The molecule has 3 rings (SSSR count). The lowest BCUT2D eigenvalue weighted by Crippen LogP contribution is -2.07. The molecule has 0 saturated heterocycles. The van der Waals surface area contributed by atoms with Crippen molar-refractivity contribution in [2.75, 3.05) is 5.32 Å². The van der Waals surface area contributed by atoms with Gasteiger partial charge in [-0.15, -0.1) is 0 Å². The van der Waals surface area contributed by atoms with Crippen molar-refractivity contribution in [3.63, 3.8) is 0 Å². The maximum absolute atomic E-state index is 4.41. The number of nitrogens with one attached hydrogen (secondary N) is 1. The third-order valence-corrected chi connectivity index (χ3v) is 3.08. The van der Waals surface area contributed by atoms with E-state index < -0.39 is 0 Å². The highest BCUT2D eigenvalue weighted by atomic mass is 15.1. The molecule has 100 valence electrons. The van der Waals surface area contributed by atoms with Crippen LogP contribution in [0.3, 0.4) is 0 Å². The number of hydrogen-bond donors (Lipinski definition) is 1. The van der Waals surface area contributed by atoms with Crippen LogP contribution in [-0.2, 0) is 0 Å². The van der Waals surface area contributed by atoms with Gasteiger partial charge >= 0.3 is 0 Å². The fourth-order valence-corrected chi connectivity index (χ4v) is 1.98. The van der Waals surface area contributed by atoms with E-state index in [1.807, 2.05) is 41.4 Å². The molecule has 0 aromatic carbocycles. The number of imidazole rings is 1. The van der Waals surface area contributed by atoms with Crippen molar-refractivity contribution in [1.29, 1.82) is 0 Å². The van der Waals surface area contributed by atoms with Gasteiger partial charge in [-0.25, -0.2) is 9.97 Å². The van der Waals surface area contributed by atoms with E-state index in [4.69, 9.17) is 0 Å². The molecule has 0 bridgehead atoms. The van der Waals surface area contributed by atoms with E-state index in [2.05, 4.69) is 33.3 Å². The van der Waals surface area contributed by atoms with E-state index in [9.17, 15) is 0 Å². The number of anilines is 1. The summed E-state index contributed by atoms with van der Waals surface area (Å²) in [6, 6.07) is 8.14. The molecule has 0 radical (unpaired) electrons. The zero-order valence-electron chi connectivity index (χ0n) is 11.1. The minimum Gasteiger partial charge on any atom is -0.377 e. The minimum atomic E-state index is 0.185. The quantitative estimate of drug-likeness (QED) is 0.788. The highest BCUT2D eigenvalue weighted by Crippen LogP contribution is 2.18. The maximum Gasteiger partial charge on any atom is 0.137 e. The molecule has 0 spiro atoms. The van der Waals surface area contributed by atoms with Gasteiger partial charge in [0.25, 0.3) is 0 Å². The fourth-order valence-electron chi connectivity index (χ4n) is 1.98. The number of nitrogens with zero attached hydrogens (tertiary/aromatic N) is 4. The van der Waals surface area contributed by atoms with Crippen molar-refractivity contribution >= 4 is 5.69 Å². The van der Waals surface area contributed by atoms with Crippen LogP contribution < -0.4 is 5.32 Å². The van der Waals surface area contributed by atoms with Crippen LogP contribution in [0.15, 0.2) is 61.6 Å². The van der Waals surface area contributed by atoms with Gasteiger partial charge in [-0.3, -0.25) is 9.55 Å². The number of aromatic nitrogens is 4. The van der Waals surface area contributed by atoms with Crippen LogP contribution in [0.2, 0.25) is 0 Å². The predicted octanol–water partition coefficient (Wildman–Crippen LogP) is 2.84. The van der Waals surface area contributed by atoms with Crippen molar-refractivity contribution in [3.8, 4) is 5.82 Å². The molecule has 0 amide bonds. The molecular formula is C15H15N5. The molecule has 1 N–H and O–H groups in total. The van der Waals surface area contributed by atoms with Crippen molar-refractivity contribution in [2.24, 2.45) is 0 Å².